The van der Waals surface area contributed by atoms with Crippen molar-refractivity contribution in [2.75, 3.05) is 5.75 Å². The fourth-order valence-electron chi connectivity index (χ4n) is 3.30. The molecule has 1 aromatic heterocycles. The maximum atomic E-state index is 12.8. The highest BCUT2D eigenvalue weighted by Crippen LogP contribution is 2.40. The Hall–Kier alpha value is -1.58. The van der Waals surface area contributed by atoms with Crippen LogP contribution in [0.4, 0.5) is 13.2 Å². The molecule has 0 aliphatic heterocycles. The van der Waals surface area contributed by atoms with E-state index in [2.05, 4.69) is 11.6 Å². The van der Waals surface area contributed by atoms with Crippen LogP contribution >= 0.6 is 23.1 Å². The lowest BCUT2D eigenvalue weighted by Gasteiger charge is -2.17. The molecule has 0 spiro atoms. The molecule has 1 aromatic rings. The molecule has 0 radical (unpaired) electrons. The van der Waals surface area contributed by atoms with Gasteiger partial charge in [0.15, 0.2) is 15.9 Å². The minimum absolute atomic E-state index is 0.0445. The molecular formula is C20H24F3NO3S2. The molecule has 2 N–H and O–H groups in total. The number of carboxylic acids is 1. The van der Waals surface area contributed by atoms with E-state index in [1.54, 1.807) is 0 Å². The number of allylic oxidation sites excluding steroid dienone is 3. The molecule has 0 amide bonds. The van der Waals surface area contributed by atoms with E-state index in [0.29, 0.717) is 18.3 Å². The van der Waals surface area contributed by atoms with Crippen LogP contribution in [0.2, 0.25) is 0 Å². The molecule has 160 valence electrons. The molecule has 0 aromatic carbocycles. The molecule has 3 atom stereocenters. The Morgan fingerprint density at radius 1 is 1.45 bits per heavy atom. The fourth-order valence-corrected chi connectivity index (χ4v) is 5.19. The second kappa shape index (κ2) is 11.6. The molecule has 4 nitrogen and oxygen atoms in total. The topological polar surface area (TPSA) is 70.4 Å². The highest BCUT2D eigenvalue weighted by Gasteiger charge is 2.28. The second-order valence-electron chi connectivity index (χ2n) is 6.93. The minimum Gasteiger partial charge on any atom is -0.476 e. The van der Waals surface area contributed by atoms with Gasteiger partial charge in [0.2, 0.25) is 0 Å². The van der Waals surface area contributed by atoms with E-state index < -0.39 is 30.4 Å². The molecular weight excluding hydrogens is 423 g/mol. The summed E-state index contributed by atoms with van der Waals surface area (Å²) < 4.78 is 37.6. The summed E-state index contributed by atoms with van der Waals surface area (Å²) in [4.78, 5) is 14.9. The number of thioether (sulfide) groups is 1. The first-order valence-corrected chi connectivity index (χ1v) is 11.2. The number of hydrogen-bond acceptors (Lipinski definition) is 5. The van der Waals surface area contributed by atoms with Crippen LogP contribution in [0.25, 0.3) is 0 Å². The Labute approximate surface area is 176 Å². The van der Waals surface area contributed by atoms with Crippen LogP contribution in [0.3, 0.4) is 0 Å². The van der Waals surface area contributed by atoms with E-state index in [-0.39, 0.29) is 12.1 Å². The Morgan fingerprint density at radius 3 is 2.86 bits per heavy atom. The van der Waals surface area contributed by atoms with Gasteiger partial charge < -0.3 is 10.2 Å². The molecule has 1 aliphatic rings. The van der Waals surface area contributed by atoms with Gasteiger partial charge in [-0.2, -0.15) is 8.78 Å². The standard InChI is InChI=1S/C20H24F3NO3S2/c1-12-5-6-13(3-2-4-14(25)7-8-16(21)18(22)23)15(12)9-10-28-20-24-17(11-29-20)19(26)27/h2-3,11,13-15,25H,1,4-10H2,(H,26,27)/b3-2+/t13-,14+,15?/m0/s1. The van der Waals surface area contributed by atoms with Crippen LogP contribution in [0, 0.1) is 11.8 Å². The third kappa shape index (κ3) is 7.64. The first kappa shape index (κ1) is 23.7. The van der Waals surface area contributed by atoms with Crippen molar-refractivity contribution in [3.8, 4) is 0 Å². The zero-order valence-corrected chi connectivity index (χ0v) is 17.5. The number of aliphatic hydroxyl groups is 1. The highest BCUT2D eigenvalue weighted by atomic mass is 32.2. The van der Waals surface area contributed by atoms with Crippen molar-refractivity contribution >= 4 is 29.1 Å². The van der Waals surface area contributed by atoms with Gasteiger partial charge in [-0.25, -0.2) is 14.2 Å². The summed E-state index contributed by atoms with van der Waals surface area (Å²) in [7, 11) is 0. The van der Waals surface area contributed by atoms with Crippen molar-refractivity contribution in [2.24, 2.45) is 11.8 Å². The Morgan fingerprint density at radius 2 is 2.21 bits per heavy atom. The lowest BCUT2D eigenvalue weighted by molar-refractivity contribution is 0.0690. The van der Waals surface area contributed by atoms with Crippen LogP contribution in [-0.4, -0.2) is 33.0 Å². The summed E-state index contributed by atoms with van der Waals surface area (Å²) in [6, 6.07) is 0. The van der Waals surface area contributed by atoms with Crippen molar-refractivity contribution in [3.05, 3.63) is 47.3 Å². The number of carbonyl (C=O) groups is 1. The zero-order valence-electron chi connectivity index (χ0n) is 15.8. The van der Waals surface area contributed by atoms with Gasteiger partial charge in [-0.3, -0.25) is 0 Å². The van der Waals surface area contributed by atoms with Gasteiger partial charge >= 0.3 is 12.0 Å². The number of aliphatic hydroxyl groups excluding tert-OH is 1. The summed E-state index contributed by atoms with van der Waals surface area (Å²) in [6.07, 6.45) is 3.25. The van der Waals surface area contributed by atoms with Gasteiger partial charge in [0.05, 0.1) is 6.10 Å². The number of rotatable bonds is 11. The minimum atomic E-state index is -2.32. The lowest BCUT2D eigenvalue weighted by Crippen LogP contribution is -2.09. The van der Waals surface area contributed by atoms with Crippen LogP contribution in [0.1, 0.15) is 49.0 Å². The van der Waals surface area contributed by atoms with E-state index >= 15 is 0 Å². The molecule has 1 saturated carbocycles. The van der Waals surface area contributed by atoms with E-state index in [1.807, 2.05) is 12.2 Å². The third-order valence-corrected chi connectivity index (χ3v) is 6.94. The second-order valence-corrected chi connectivity index (χ2v) is 9.13. The van der Waals surface area contributed by atoms with Crippen molar-refractivity contribution in [1.82, 2.24) is 4.98 Å². The van der Waals surface area contributed by atoms with Crippen molar-refractivity contribution in [1.29, 1.82) is 0 Å². The number of halogens is 3. The zero-order chi connectivity index (χ0) is 21.4. The third-order valence-electron chi connectivity index (χ3n) is 4.89. The first-order valence-electron chi connectivity index (χ1n) is 9.31. The summed E-state index contributed by atoms with van der Waals surface area (Å²) in [5.74, 6) is -1.10. The molecule has 1 heterocycles. The number of nitrogens with zero attached hydrogens (tertiary/aromatic N) is 1. The number of aromatic nitrogens is 1. The molecule has 9 heteroatoms. The van der Waals surface area contributed by atoms with Crippen LogP contribution in [0.5, 0.6) is 0 Å². The number of hydrogen-bond donors (Lipinski definition) is 2. The van der Waals surface area contributed by atoms with Crippen LogP contribution < -0.4 is 0 Å². The number of thiazole rings is 1. The van der Waals surface area contributed by atoms with Crippen LogP contribution in [-0.2, 0) is 0 Å². The van der Waals surface area contributed by atoms with Gasteiger partial charge in [0, 0.05) is 17.6 Å². The Bertz CT molecular complexity index is 775. The van der Waals surface area contributed by atoms with E-state index in [4.69, 9.17) is 5.11 Å². The van der Waals surface area contributed by atoms with E-state index in [9.17, 15) is 23.1 Å². The first-order chi connectivity index (χ1) is 13.8. The monoisotopic (exact) mass is 447 g/mol. The highest BCUT2D eigenvalue weighted by molar-refractivity contribution is 8.01. The molecule has 1 fully saturated rings. The summed E-state index contributed by atoms with van der Waals surface area (Å²) in [6.45, 7) is 4.15. The maximum absolute atomic E-state index is 12.8. The molecule has 29 heavy (non-hydrogen) atoms. The van der Waals surface area contributed by atoms with E-state index in [0.717, 1.165) is 29.4 Å². The summed E-state index contributed by atoms with van der Waals surface area (Å²) in [5, 5.41) is 20.3. The Kier molecular flexibility index (Phi) is 9.45. The molecule has 1 aliphatic carbocycles. The normalized spacial score (nSPS) is 20.3. The quantitative estimate of drug-likeness (QED) is 0.318. The fraction of sp³-hybridized carbons (Fsp3) is 0.500. The predicted octanol–water partition coefficient (Wildman–Crippen LogP) is 6.07. The van der Waals surface area contributed by atoms with Crippen molar-refractivity contribution < 1.29 is 28.2 Å². The number of carboxylic acid groups (broad SMARTS) is 1. The molecule has 1 unspecified atom stereocenters. The van der Waals surface area contributed by atoms with Gasteiger partial charge in [-0.15, -0.1) is 11.3 Å². The van der Waals surface area contributed by atoms with Gasteiger partial charge in [-0.1, -0.05) is 36.1 Å². The van der Waals surface area contributed by atoms with E-state index in [1.165, 1.54) is 34.1 Å². The van der Waals surface area contributed by atoms with Crippen LogP contribution in [0.15, 0.2) is 45.9 Å². The number of aromatic carboxylic acids is 1. The van der Waals surface area contributed by atoms with Gasteiger partial charge in [0.25, 0.3) is 0 Å². The van der Waals surface area contributed by atoms with Gasteiger partial charge in [-0.05, 0) is 43.9 Å². The molecule has 0 bridgehead atoms. The summed E-state index contributed by atoms with van der Waals surface area (Å²) >= 11 is 2.84. The SMILES string of the molecule is C=C1CC[C@H](/C=C/C[C@@H](O)CCC(F)=C(F)F)C1CCSc1nc(C(=O)O)cs1. The van der Waals surface area contributed by atoms with Gasteiger partial charge in [0.1, 0.15) is 0 Å². The van der Waals surface area contributed by atoms with Crippen molar-refractivity contribution in [2.45, 2.75) is 49.0 Å². The maximum Gasteiger partial charge on any atom is 0.355 e. The lowest BCUT2D eigenvalue weighted by atomic mass is 9.91. The summed E-state index contributed by atoms with van der Waals surface area (Å²) in [5.41, 5.74) is 1.24. The smallest absolute Gasteiger partial charge is 0.355 e. The predicted molar refractivity (Wildman–Crippen MR) is 109 cm³/mol. The average molecular weight is 448 g/mol. The molecule has 2 rings (SSSR count). The molecule has 0 saturated heterocycles. The Balaban J connectivity index is 1.77. The average Bonchev–Trinajstić information content (AvgIpc) is 3.28. The van der Waals surface area contributed by atoms with Crippen molar-refractivity contribution in [3.63, 3.8) is 0 Å². The largest absolute Gasteiger partial charge is 0.476 e.